The van der Waals surface area contributed by atoms with E-state index in [0.29, 0.717) is 11.5 Å². The number of likely N-dealkylation sites (tertiary alicyclic amines) is 1. The van der Waals surface area contributed by atoms with Crippen LogP contribution >= 0.6 is 11.3 Å². The normalized spacial score (nSPS) is 20.2. The van der Waals surface area contributed by atoms with Gasteiger partial charge in [-0.05, 0) is 52.4 Å². The fourth-order valence-electron chi connectivity index (χ4n) is 4.80. The second kappa shape index (κ2) is 8.17. The Balaban J connectivity index is 1.14. The van der Waals surface area contributed by atoms with Crippen LogP contribution in [0.2, 0.25) is 0 Å². The molecule has 2 aromatic heterocycles. The van der Waals surface area contributed by atoms with Gasteiger partial charge in [0.1, 0.15) is 0 Å². The molecule has 0 bridgehead atoms. The molecule has 2 amide bonds. The van der Waals surface area contributed by atoms with Gasteiger partial charge < -0.3 is 0 Å². The summed E-state index contributed by atoms with van der Waals surface area (Å²) in [4.78, 5) is 32.3. The zero-order chi connectivity index (χ0) is 22.4. The van der Waals surface area contributed by atoms with Gasteiger partial charge in [0.25, 0.3) is 5.91 Å². The lowest BCUT2D eigenvalue weighted by Crippen LogP contribution is -2.46. The summed E-state index contributed by atoms with van der Waals surface area (Å²) in [7, 11) is 0. The molecule has 0 spiro atoms. The molecule has 4 heterocycles. The highest BCUT2D eigenvalue weighted by Crippen LogP contribution is 2.31. The number of rotatable bonds is 4. The monoisotopic (exact) mass is 458 g/mol. The van der Waals surface area contributed by atoms with Gasteiger partial charge in [-0.25, -0.2) is 4.90 Å². The second-order valence-electron chi connectivity index (χ2n) is 8.50. The summed E-state index contributed by atoms with van der Waals surface area (Å²) in [5.41, 5.74) is 0.647. The third-order valence-electron chi connectivity index (χ3n) is 6.55. The SMILES string of the molecule is O=C1C[C@@H](N2CCC(n3nnc(-c4cccs4)n3)CC2)C(=O)N1c1ccc2ccccc2c1. The highest BCUT2D eigenvalue weighted by atomic mass is 32.1. The van der Waals surface area contributed by atoms with Gasteiger partial charge in [-0.3, -0.25) is 14.5 Å². The van der Waals surface area contributed by atoms with Crippen molar-refractivity contribution in [2.24, 2.45) is 0 Å². The lowest BCUT2D eigenvalue weighted by molar-refractivity contribution is -0.123. The quantitative estimate of drug-likeness (QED) is 0.435. The van der Waals surface area contributed by atoms with Gasteiger partial charge in [-0.2, -0.15) is 4.80 Å². The zero-order valence-electron chi connectivity index (χ0n) is 17.9. The molecule has 33 heavy (non-hydrogen) atoms. The topological polar surface area (TPSA) is 84.2 Å². The number of imide groups is 1. The molecule has 8 nitrogen and oxygen atoms in total. The molecule has 2 saturated heterocycles. The number of nitrogens with zero attached hydrogens (tertiary/aromatic N) is 6. The number of carbonyl (C=O) groups excluding carboxylic acids is 2. The first kappa shape index (κ1) is 20.2. The first-order valence-electron chi connectivity index (χ1n) is 11.1. The summed E-state index contributed by atoms with van der Waals surface area (Å²) < 4.78 is 0. The van der Waals surface area contributed by atoms with E-state index < -0.39 is 6.04 Å². The number of aromatic nitrogens is 4. The van der Waals surface area contributed by atoms with E-state index >= 15 is 0 Å². The highest BCUT2D eigenvalue weighted by molar-refractivity contribution is 7.13. The van der Waals surface area contributed by atoms with Crippen LogP contribution in [0, 0.1) is 0 Å². The Bertz CT molecular complexity index is 1330. The molecule has 6 rings (SSSR count). The standard InChI is InChI=1S/C24H22N6O2S/c31-22-15-20(24(32)29(22)19-8-7-16-4-1-2-5-17(16)14-19)28-11-9-18(10-12-28)30-26-23(25-27-30)21-6-3-13-33-21/h1-8,13-14,18,20H,9-12,15H2/t20-/m1/s1. The maximum Gasteiger partial charge on any atom is 0.251 e. The predicted octanol–water partition coefficient (Wildman–Crippen LogP) is 3.52. The Morgan fingerprint density at radius 1 is 0.939 bits per heavy atom. The number of hydrogen-bond acceptors (Lipinski definition) is 7. The summed E-state index contributed by atoms with van der Waals surface area (Å²) in [5.74, 6) is 0.378. The van der Waals surface area contributed by atoms with Crippen LogP contribution in [-0.4, -0.2) is 56.1 Å². The molecule has 2 aliphatic rings. The Labute approximate surface area is 194 Å². The van der Waals surface area contributed by atoms with Crippen LogP contribution in [0.5, 0.6) is 0 Å². The van der Waals surface area contributed by atoms with E-state index in [0.717, 1.165) is 41.6 Å². The van der Waals surface area contributed by atoms with E-state index in [1.165, 1.54) is 4.90 Å². The highest BCUT2D eigenvalue weighted by Gasteiger charge is 2.43. The number of thiophene rings is 1. The van der Waals surface area contributed by atoms with Crippen molar-refractivity contribution < 1.29 is 9.59 Å². The molecular formula is C24H22N6O2S. The van der Waals surface area contributed by atoms with E-state index in [4.69, 9.17) is 0 Å². The first-order valence-corrected chi connectivity index (χ1v) is 12.0. The molecule has 0 N–H and O–H groups in total. The molecule has 0 unspecified atom stereocenters. The molecule has 2 fully saturated rings. The smallest absolute Gasteiger partial charge is 0.251 e. The van der Waals surface area contributed by atoms with Gasteiger partial charge in [0.15, 0.2) is 0 Å². The van der Waals surface area contributed by atoms with Crippen LogP contribution in [0.4, 0.5) is 5.69 Å². The molecule has 2 aliphatic heterocycles. The first-order chi connectivity index (χ1) is 16.2. The van der Waals surface area contributed by atoms with Crippen molar-refractivity contribution in [1.29, 1.82) is 0 Å². The van der Waals surface area contributed by atoms with Crippen molar-refractivity contribution >= 4 is 39.6 Å². The molecule has 2 aromatic carbocycles. The van der Waals surface area contributed by atoms with Crippen LogP contribution in [0.1, 0.15) is 25.3 Å². The molecular weight excluding hydrogens is 436 g/mol. The van der Waals surface area contributed by atoms with Crippen molar-refractivity contribution in [2.75, 3.05) is 18.0 Å². The van der Waals surface area contributed by atoms with E-state index in [9.17, 15) is 9.59 Å². The minimum absolute atomic E-state index is 0.132. The number of fused-ring (bicyclic) bond motifs is 1. The van der Waals surface area contributed by atoms with Crippen LogP contribution < -0.4 is 4.90 Å². The molecule has 0 aliphatic carbocycles. The number of tetrazole rings is 1. The Morgan fingerprint density at radius 3 is 2.55 bits per heavy atom. The average molecular weight is 459 g/mol. The minimum Gasteiger partial charge on any atom is -0.291 e. The molecule has 0 saturated carbocycles. The zero-order valence-corrected chi connectivity index (χ0v) is 18.7. The molecule has 9 heteroatoms. The largest absolute Gasteiger partial charge is 0.291 e. The van der Waals surface area contributed by atoms with Crippen molar-refractivity contribution in [1.82, 2.24) is 25.1 Å². The number of amides is 2. The average Bonchev–Trinajstić information content (AvgIpc) is 3.60. The van der Waals surface area contributed by atoms with E-state index in [2.05, 4.69) is 20.3 Å². The van der Waals surface area contributed by atoms with Crippen molar-refractivity contribution in [3.63, 3.8) is 0 Å². The molecule has 1 atom stereocenters. The van der Waals surface area contributed by atoms with Gasteiger partial charge in [0.05, 0.1) is 29.1 Å². The fraction of sp³-hybridized carbons (Fsp3) is 0.292. The van der Waals surface area contributed by atoms with Gasteiger partial charge in [-0.15, -0.1) is 21.5 Å². The number of anilines is 1. The van der Waals surface area contributed by atoms with Crippen molar-refractivity contribution in [2.45, 2.75) is 31.3 Å². The van der Waals surface area contributed by atoms with Crippen molar-refractivity contribution in [3.05, 3.63) is 60.0 Å². The lowest BCUT2D eigenvalue weighted by atomic mass is 10.0. The number of hydrogen-bond donors (Lipinski definition) is 0. The van der Waals surface area contributed by atoms with Crippen LogP contribution in [-0.2, 0) is 9.59 Å². The Kier molecular flexibility index (Phi) is 5.00. The van der Waals surface area contributed by atoms with Gasteiger partial charge in [0.2, 0.25) is 11.7 Å². The number of carbonyl (C=O) groups is 2. The summed E-state index contributed by atoms with van der Waals surface area (Å²) >= 11 is 1.59. The van der Waals surface area contributed by atoms with Gasteiger partial charge >= 0.3 is 0 Å². The van der Waals surface area contributed by atoms with Crippen LogP contribution in [0.25, 0.3) is 21.5 Å². The summed E-state index contributed by atoms with van der Waals surface area (Å²) in [6.07, 6.45) is 1.85. The number of benzene rings is 2. The van der Waals surface area contributed by atoms with E-state index in [1.807, 2.05) is 60.0 Å². The molecule has 166 valence electrons. The third kappa shape index (κ3) is 3.63. The van der Waals surface area contributed by atoms with E-state index in [-0.39, 0.29) is 24.3 Å². The molecule has 4 aromatic rings. The molecule has 0 radical (unpaired) electrons. The van der Waals surface area contributed by atoms with Crippen LogP contribution in [0.3, 0.4) is 0 Å². The fourth-order valence-corrected chi connectivity index (χ4v) is 5.45. The summed E-state index contributed by atoms with van der Waals surface area (Å²) in [6, 6.07) is 17.4. The maximum absolute atomic E-state index is 13.3. The second-order valence-corrected chi connectivity index (χ2v) is 9.44. The Hall–Kier alpha value is -3.43. The summed E-state index contributed by atoms with van der Waals surface area (Å²) in [6.45, 7) is 1.44. The summed E-state index contributed by atoms with van der Waals surface area (Å²) in [5, 5.41) is 17.1. The van der Waals surface area contributed by atoms with Gasteiger partial charge in [-0.1, -0.05) is 36.4 Å². The maximum atomic E-state index is 13.3. The van der Waals surface area contributed by atoms with Gasteiger partial charge in [0, 0.05) is 13.1 Å². The van der Waals surface area contributed by atoms with E-state index in [1.54, 1.807) is 16.1 Å². The number of piperidine rings is 1. The minimum atomic E-state index is -0.407. The van der Waals surface area contributed by atoms with Crippen LogP contribution in [0.15, 0.2) is 60.0 Å². The van der Waals surface area contributed by atoms with Crippen molar-refractivity contribution in [3.8, 4) is 10.7 Å². The Morgan fingerprint density at radius 2 is 1.76 bits per heavy atom. The predicted molar refractivity (Wildman–Crippen MR) is 126 cm³/mol. The third-order valence-corrected chi connectivity index (χ3v) is 7.42. The lowest BCUT2D eigenvalue weighted by Gasteiger charge is -2.34.